The van der Waals surface area contributed by atoms with E-state index in [1.165, 1.54) is 0 Å². The highest BCUT2D eigenvalue weighted by Crippen LogP contribution is 2.25. The van der Waals surface area contributed by atoms with Crippen LogP contribution in [0.4, 0.5) is 0 Å². The first kappa shape index (κ1) is 23.6. The van der Waals surface area contributed by atoms with Crippen LogP contribution in [0.2, 0.25) is 0 Å². The van der Waals surface area contributed by atoms with Crippen molar-refractivity contribution in [3.8, 4) is 0 Å². The number of aliphatic hydroxyl groups is 1. The van der Waals surface area contributed by atoms with Gasteiger partial charge in [-0.25, -0.2) is 0 Å². The molecule has 0 saturated carbocycles. The Kier molecular flexibility index (Phi) is 8.60. The summed E-state index contributed by atoms with van der Waals surface area (Å²) in [6, 6.07) is 28.8. The van der Waals surface area contributed by atoms with Crippen molar-refractivity contribution in [2.75, 3.05) is 6.61 Å². The number of benzene rings is 3. The molecule has 6 nitrogen and oxygen atoms in total. The van der Waals surface area contributed by atoms with E-state index in [-0.39, 0.29) is 6.61 Å². The van der Waals surface area contributed by atoms with E-state index in [1.807, 2.05) is 91.0 Å². The van der Waals surface area contributed by atoms with Crippen LogP contribution in [0, 0.1) is 0 Å². The van der Waals surface area contributed by atoms with Gasteiger partial charge in [0.1, 0.15) is 18.3 Å². The molecular weight excluding hydrogens is 418 g/mol. The summed E-state index contributed by atoms with van der Waals surface area (Å²) in [7, 11) is 0. The van der Waals surface area contributed by atoms with Gasteiger partial charge in [0.05, 0.1) is 32.5 Å². The smallest absolute Gasteiger partial charge is 0.176 e. The van der Waals surface area contributed by atoms with E-state index in [1.54, 1.807) is 0 Å². The van der Waals surface area contributed by atoms with Crippen molar-refractivity contribution < 1.29 is 24.1 Å². The van der Waals surface area contributed by atoms with Gasteiger partial charge in [-0.2, -0.15) is 0 Å². The molecule has 1 aliphatic rings. The quantitative estimate of drug-likeness (QED) is 0.494. The van der Waals surface area contributed by atoms with Crippen LogP contribution in [0.1, 0.15) is 16.7 Å². The fraction of sp³-hybridized carbons (Fsp3) is 0.333. The zero-order valence-electron chi connectivity index (χ0n) is 18.5. The van der Waals surface area contributed by atoms with Gasteiger partial charge >= 0.3 is 0 Å². The average Bonchev–Trinajstić information content (AvgIpc) is 2.86. The van der Waals surface area contributed by atoms with Gasteiger partial charge in [-0.05, 0) is 16.7 Å². The molecule has 3 N–H and O–H groups in total. The van der Waals surface area contributed by atoms with Crippen molar-refractivity contribution in [2.24, 2.45) is 5.73 Å². The minimum atomic E-state index is -0.948. The first-order valence-corrected chi connectivity index (χ1v) is 11.2. The van der Waals surface area contributed by atoms with Crippen molar-refractivity contribution in [2.45, 2.75) is 50.5 Å². The van der Waals surface area contributed by atoms with Gasteiger partial charge in [-0.15, -0.1) is 0 Å². The Balaban J connectivity index is 1.41. The molecule has 0 bridgehead atoms. The Morgan fingerprint density at radius 1 is 0.697 bits per heavy atom. The molecule has 0 aromatic heterocycles. The highest BCUT2D eigenvalue weighted by Gasteiger charge is 2.45. The lowest BCUT2D eigenvalue weighted by molar-refractivity contribution is -0.280. The van der Waals surface area contributed by atoms with Crippen molar-refractivity contribution in [3.05, 3.63) is 108 Å². The minimum absolute atomic E-state index is 0.194. The van der Waals surface area contributed by atoms with Crippen LogP contribution >= 0.6 is 0 Å². The van der Waals surface area contributed by atoms with E-state index < -0.39 is 30.6 Å². The Hall–Kier alpha value is -2.58. The van der Waals surface area contributed by atoms with Gasteiger partial charge in [-0.1, -0.05) is 91.0 Å². The van der Waals surface area contributed by atoms with Gasteiger partial charge in [0.25, 0.3) is 0 Å². The topological polar surface area (TPSA) is 83.2 Å². The molecule has 2 unspecified atom stereocenters. The van der Waals surface area contributed by atoms with E-state index >= 15 is 0 Å². The standard InChI is InChI=1S/C27H31NO5/c28-24-26(31-17-21-12-6-2-7-13-21)25(29)23(19-30-16-20-10-4-1-5-11-20)33-27(24)32-18-22-14-8-3-9-15-22/h1-15,23-27,29H,16-19,28H2/t23?,24?,25-,26+,27-/m1/s1. The summed E-state index contributed by atoms with van der Waals surface area (Å²) in [6.07, 6.45) is -2.98. The summed E-state index contributed by atoms with van der Waals surface area (Å²) in [6.45, 7) is 1.29. The molecule has 1 heterocycles. The minimum Gasteiger partial charge on any atom is -0.388 e. The third-order valence-corrected chi connectivity index (χ3v) is 5.66. The summed E-state index contributed by atoms with van der Waals surface area (Å²) < 4.78 is 24.0. The average molecular weight is 450 g/mol. The third-order valence-electron chi connectivity index (χ3n) is 5.66. The van der Waals surface area contributed by atoms with Gasteiger partial charge in [0.2, 0.25) is 0 Å². The summed E-state index contributed by atoms with van der Waals surface area (Å²) in [4.78, 5) is 0. The maximum absolute atomic E-state index is 11.0. The Morgan fingerprint density at radius 2 is 1.18 bits per heavy atom. The van der Waals surface area contributed by atoms with Crippen LogP contribution in [0.5, 0.6) is 0 Å². The monoisotopic (exact) mass is 449 g/mol. The molecule has 0 radical (unpaired) electrons. The fourth-order valence-electron chi connectivity index (χ4n) is 3.82. The fourth-order valence-corrected chi connectivity index (χ4v) is 3.82. The maximum Gasteiger partial charge on any atom is 0.176 e. The molecular formula is C27H31NO5. The van der Waals surface area contributed by atoms with E-state index in [0.29, 0.717) is 19.8 Å². The number of hydrogen-bond donors (Lipinski definition) is 2. The van der Waals surface area contributed by atoms with E-state index in [9.17, 15) is 5.11 Å². The molecule has 1 saturated heterocycles. The molecule has 1 aliphatic heterocycles. The number of ether oxygens (including phenoxy) is 4. The Morgan fingerprint density at radius 3 is 1.73 bits per heavy atom. The normalized spacial score (nSPS) is 25.1. The van der Waals surface area contributed by atoms with Gasteiger partial charge in [0, 0.05) is 0 Å². The van der Waals surface area contributed by atoms with Crippen LogP contribution in [-0.4, -0.2) is 42.4 Å². The van der Waals surface area contributed by atoms with Crippen molar-refractivity contribution in [3.63, 3.8) is 0 Å². The van der Waals surface area contributed by atoms with E-state index in [4.69, 9.17) is 24.7 Å². The lowest BCUT2D eigenvalue weighted by Gasteiger charge is -2.43. The zero-order chi connectivity index (χ0) is 22.9. The van der Waals surface area contributed by atoms with Crippen LogP contribution in [0.3, 0.4) is 0 Å². The highest BCUT2D eigenvalue weighted by atomic mass is 16.7. The van der Waals surface area contributed by atoms with Gasteiger partial charge in [0.15, 0.2) is 6.29 Å². The summed E-state index contributed by atoms with van der Waals surface area (Å²) >= 11 is 0. The Bertz CT molecular complexity index is 941. The van der Waals surface area contributed by atoms with Crippen LogP contribution in [0.25, 0.3) is 0 Å². The van der Waals surface area contributed by atoms with E-state index in [0.717, 1.165) is 16.7 Å². The predicted molar refractivity (Wildman–Crippen MR) is 125 cm³/mol. The first-order chi connectivity index (χ1) is 16.2. The third kappa shape index (κ3) is 6.71. The van der Waals surface area contributed by atoms with E-state index in [2.05, 4.69) is 0 Å². The summed E-state index contributed by atoms with van der Waals surface area (Å²) in [5.41, 5.74) is 9.51. The van der Waals surface area contributed by atoms with Crippen molar-refractivity contribution in [1.82, 2.24) is 0 Å². The maximum atomic E-state index is 11.0. The molecule has 1 fully saturated rings. The summed E-state index contributed by atoms with van der Waals surface area (Å²) in [5.74, 6) is 0. The first-order valence-electron chi connectivity index (χ1n) is 11.2. The number of aliphatic hydroxyl groups excluding tert-OH is 1. The molecule has 33 heavy (non-hydrogen) atoms. The van der Waals surface area contributed by atoms with Crippen molar-refractivity contribution in [1.29, 1.82) is 0 Å². The van der Waals surface area contributed by atoms with Crippen LogP contribution in [-0.2, 0) is 38.8 Å². The second-order valence-electron chi connectivity index (χ2n) is 8.17. The summed E-state index contributed by atoms with van der Waals surface area (Å²) in [5, 5.41) is 11.0. The predicted octanol–water partition coefficient (Wildman–Crippen LogP) is 3.42. The molecule has 3 aromatic carbocycles. The molecule has 5 atom stereocenters. The molecule has 3 aromatic rings. The molecule has 6 heteroatoms. The van der Waals surface area contributed by atoms with Crippen molar-refractivity contribution >= 4 is 0 Å². The molecule has 0 aliphatic carbocycles. The molecule has 4 rings (SSSR count). The number of hydrogen-bond acceptors (Lipinski definition) is 6. The second kappa shape index (κ2) is 12.0. The van der Waals surface area contributed by atoms with Crippen LogP contribution in [0.15, 0.2) is 91.0 Å². The van der Waals surface area contributed by atoms with Gasteiger partial charge in [-0.3, -0.25) is 0 Å². The molecule has 174 valence electrons. The molecule has 0 spiro atoms. The zero-order valence-corrected chi connectivity index (χ0v) is 18.5. The second-order valence-corrected chi connectivity index (χ2v) is 8.17. The Labute approximate surface area is 194 Å². The number of nitrogens with two attached hydrogens (primary N) is 1. The lowest BCUT2D eigenvalue weighted by atomic mass is 9.97. The largest absolute Gasteiger partial charge is 0.388 e. The lowest BCUT2D eigenvalue weighted by Crippen LogP contribution is -2.63. The van der Waals surface area contributed by atoms with Crippen LogP contribution < -0.4 is 5.73 Å². The molecule has 0 amide bonds. The SMILES string of the molecule is NC1[C@H](OCc2ccccc2)OC(COCc2ccccc2)[C@@H](O)[C@H]1OCc1ccccc1. The number of rotatable bonds is 10. The highest BCUT2D eigenvalue weighted by molar-refractivity contribution is 5.15. The van der Waals surface area contributed by atoms with Gasteiger partial charge < -0.3 is 29.8 Å².